The number of aromatic nitrogens is 5. The number of carbonyl (C=O) groups excluding carboxylic acids is 2. The molecule has 1 N–H and O–H groups in total. The summed E-state index contributed by atoms with van der Waals surface area (Å²) in [5.41, 5.74) is -0.654. The molecule has 13 heteroatoms. The molecular formula is C25H21F3N6O4. The summed E-state index contributed by atoms with van der Waals surface area (Å²) in [6.45, 7) is 0.203. The summed E-state index contributed by atoms with van der Waals surface area (Å²) >= 11 is 0. The summed E-state index contributed by atoms with van der Waals surface area (Å²) in [6, 6.07) is 9.35. The molecule has 0 saturated heterocycles. The van der Waals surface area contributed by atoms with Crippen LogP contribution in [0.3, 0.4) is 0 Å². The van der Waals surface area contributed by atoms with Gasteiger partial charge in [0.25, 0.3) is 11.5 Å². The number of nitrogens with zero attached hydrogens (tertiary/aromatic N) is 5. The van der Waals surface area contributed by atoms with Crippen molar-refractivity contribution in [1.29, 1.82) is 0 Å². The summed E-state index contributed by atoms with van der Waals surface area (Å²) < 4.78 is 47.7. The molecule has 4 heterocycles. The Morgan fingerprint density at radius 1 is 1.11 bits per heavy atom. The van der Waals surface area contributed by atoms with Gasteiger partial charge in [-0.1, -0.05) is 0 Å². The van der Waals surface area contributed by atoms with E-state index in [9.17, 15) is 27.6 Å². The highest BCUT2D eigenvalue weighted by atomic mass is 19.4. The number of methoxy groups -OCH3 is 1. The highest BCUT2D eigenvalue weighted by Crippen LogP contribution is 2.33. The Bertz CT molecular complexity index is 1500. The van der Waals surface area contributed by atoms with Crippen molar-refractivity contribution in [1.82, 2.24) is 24.3 Å². The van der Waals surface area contributed by atoms with Crippen molar-refractivity contribution in [2.24, 2.45) is 0 Å². The molecule has 0 atom stereocenters. The first kappa shape index (κ1) is 26.3. The second-order valence-corrected chi connectivity index (χ2v) is 8.05. The molecule has 196 valence electrons. The van der Waals surface area contributed by atoms with Crippen molar-refractivity contribution in [3.8, 4) is 16.9 Å². The van der Waals surface area contributed by atoms with E-state index in [-0.39, 0.29) is 41.3 Å². The number of nitrogens with one attached hydrogen (secondary N) is 1. The number of hydrogen-bond donors (Lipinski definition) is 1. The van der Waals surface area contributed by atoms with Crippen molar-refractivity contribution in [3.05, 3.63) is 88.9 Å². The van der Waals surface area contributed by atoms with Crippen LogP contribution in [0.5, 0.6) is 0 Å². The van der Waals surface area contributed by atoms with Gasteiger partial charge in [0, 0.05) is 43.2 Å². The zero-order chi connectivity index (χ0) is 27.3. The maximum absolute atomic E-state index is 13.7. The lowest BCUT2D eigenvalue weighted by atomic mass is 10.2. The number of carbonyl (C=O) groups is 2. The van der Waals surface area contributed by atoms with E-state index in [1.165, 1.54) is 54.5 Å². The zero-order valence-corrected chi connectivity index (χ0v) is 20.0. The Labute approximate surface area is 213 Å². The van der Waals surface area contributed by atoms with Crippen LogP contribution in [0.1, 0.15) is 28.9 Å². The molecule has 4 aromatic heterocycles. The van der Waals surface area contributed by atoms with Crippen LogP contribution >= 0.6 is 0 Å². The van der Waals surface area contributed by atoms with Crippen LogP contribution in [-0.4, -0.2) is 43.3 Å². The van der Waals surface area contributed by atoms with Gasteiger partial charge in [-0.25, -0.2) is 9.67 Å². The Kier molecular flexibility index (Phi) is 7.65. The Morgan fingerprint density at radius 2 is 1.92 bits per heavy atom. The van der Waals surface area contributed by atoms with Crippen LogP contribution in [0.4, 0.5) is 19.0 Å². The van der Waals surface area contributed by atoms with Crippen molar-refractivity contribution >= 4 is 17.7 Å². The first-order chi connectivity index (χ1) is 18.2. The maximum atomic E-state index is 13.7. The standard InChI is InChI=1S/C25H21F3N6O4/c1-38-23(36)5-3-11-33-15-17(6-9-22(33)35)24(37)31-21-8-7-18(14-30-21)34-20(25(26,27)28)12-19(32-34)16-4-2-10-29-13-16/h2,4,6-10,12-15H,3,5,11H2,1H3,(H,30,31,37). The van der Waals surface area contributed by atoms with E-state index in [0.29, 0.717) is 12.0 Å². The van der Waals surface area contributed by atoms with Gasteiger partial charge in [0.05, 0.1) is 30.3 Å². The molecule has 0 aliphatic rings. The topological polar surface area (TPSA) is 121 Å². The van der Waals surface area contributed by atoms with Gasteiger partial charge in [-0.2, -0.15) is 18.3 Å². The largest absolute Gasteiger partial charge is 0.469 e. The lowest BCUT2D eigenvalue weighted by Gasteiger charge is -2.11. The summed E-state index contributed by atoms with van der Waals surface area (Å²) in [4.78, 5) is 44.0. The molecule has 0 saturated carbocycles. The van der Waals surface area contributed by atoms with Gasteiger partial charge < -0.3 is 14.6 Å². The van der Waals surface area contributed by atoms with Gasteiger partial charge >= 0.3 is 12.1 Å². The van der Waals surface area contributed by atoms with E-state index >= 15 is 0 Å². The summed E-state index contributed by atoms with van der Waals surface area (Å²) in [5.74, 6) is -0.913. The third-order valence-corrected chi connectivity index (χ3v) is 5.44. The van der Waals surface area contributed by atoms with Crippen LogP contribution in [0, 0.1) is 0 Å². The van der Waals surface area contributed by atoms with Crippen LogP contribution in [0.25, 0.3) is 16.9 Å². The highest BCUT2D eigenvalue weighted by molar-refractivity contribution is 6.03. The fourth-order valence-electron chi connectivity index (χ4n) is 3.55. The van der Waals surface area contributed by atoms with Crippen LogP contribution in [-0.2, 0) is 22.3 Å². The molecule has 0 aliphatic heterocycles. The molecule has 0 aromatic carbocycles. The lowest BCUT2D eigenvalue weighted by Crippen LogP contribution is -2.22. The van der Waals surface area contributed by atoms with Crippen LogP contribution in [0.2, 0.25) is 0 Å². The summed E-state index contributed by atoms with van der Waals surface area (Å²) in [5, 5.41) is 6.63. The number of anilines is 1. The minimum absolute atomic E-state index is 0.0321. The number of esters is 1. The van der Waals surface area contributed by atoms with Crippen LogP contribution < -0.4 is 10.9 Å². The Morgan fingerprint density at radius 3 is 2.58 bits per heavy atom. The van der Waals surface area contributed by atoms with E-state index in [4.69, 9.17) is 0 Å². The average Bonchev–Trinajstić information content (AvgIpc) is 3.37. The molecule has 0 spiro atoms. The quantitative estimate of drug-likeness (QED) is 0.348. The number of alkyl halides is 3. The number of amides is 1. The molecule has 0 unspecified atom stereocenters. The first-order valence-corrected chi connectivity index (χ1v) is 11.3. The summed E-state index contributed by atoms with van der Waals surface area (Å²) in [7, 11) is 1.27. The Hall–Kier alpha value is -4.81. The molecule has 4 rings (SSSR count). The zero-order valence-electron chi connectivity index (χ0n) is 20.0. The van der Waals surface area contributed by atoms with Crippen LogP contribution in [0.15, 0.2) is 72.0 Å². The van der Waals surface area contributed by atoms with Crippen molar-refractivity contribution in [2.45, 2.75) is 25.6 Å². The predicted octanol–water partition coefficient (Wildman–Crippen LogP) is 3.72. The fraction of sp³-hybridized carbons (Fsp3) is 0.200. The van der Waals surface area contributed by atoms with Crippen molar-refractivity contribution in [2.75, 3.05) is 12.4 Å². The van der Waals surface area contributed by atoms with Crippen molar-refractivity contribution in [3.63, 3.8) is 0 Å². The number of aryl methyl sites for hydroxylation is 1. The molecule has 10 nitrogen and oxygen atoms in total. The third kappa shape index (κ3) is 6.11. The third-order valence-electron chi connectivity index (χ3n) is 5.44. The smallest absolute Gasteiger partial charge is 0.433 e. The predicted molar refractivity (Wildman–Crippen MR) is 129 cm³/mol. The van der Waals surface area contributed by atoms with E-state index in [2.05, 4.69) is 25.1 Å². The lowest BCUT2D eigenvalue weighted by molar-refractivity contribution is -0.143. The minimum Gasteiger partial charge on any atom is -0.469 e. The van der Waals surface area contributed by atoms with Gasteiger partial charge in [-0.15, -0.1) is 0 Å². The second kappa shape index (κ2) is 11.1. The normalized spacial score (nSPS) is 11.3. The number of hydrogen-bond acceptors (Lipinski definition) is 7. The molecule has 0 bridgehead atoms. The van der Waals surface area contributed by atoms with Gasteiger partial charge in [0.15, 0.2) is 0 Å². The fourth-order valence-corrected chi connectivity index (χ4v) is 3.55. The number of pyridine rings is 3. The minimum atomic E-state index is -4.68. The summed E-state index contributed by atoms with van der Waals surface area (Å²) in [6.07, 6.45) is 1.19. The Balaban J connectivity index is 1.51. The molecular weight excluding hydrogens is 505 g/mol. The van der Waals surface area contributed by atoms with E-state index in [1.54, 1.807) is 12.1 Å². The SMILES string of the molecule is COC(=O)CCCn1cc(C(=O)Nc2ccc(-n3nc(-c4cccnc4)cc3C(F)(F)F)cn2)ccc1=O. The molecule has 0 aliphatic carbocycles. The van der Waals surface area contributed by atoms with E-state index in [1.807, 2.05) is 0 Å². The maximum Gasteiger partial charge on any atom is 0.433 e. The first-order valence-electron chi connectivity index (χ1n) is 11.3. The highest BCUT2D eigenvalue weighted by Gasteiger charge is 2.36. The molecule has 1 amide bonds. The molecule has 0 radical (unpaired) electrons. The van der Waals surface area contributed by atoms with Crippen molar-refractivity contribution < 1.29 is 27.5 Å². The number of rotatable bonds is 8. The molecule has 38 heavy (non-hydrogen) atoms. The average molecular weight is 526 g/mol. The van der Waals surface area contributed by atoms with Gasteiger partial charge in [-0.3, -0.25) is 19.4 Å². The van der Waals surface area contributed by atoms with Gasteiger partial charge in [-0.05, 0) is 42.8 Å². The number of ether oxygens (including phenoxy) is 1. The number of halogens is 3. The molecule has 4 aromatic rings. The van der Waals surface area contributed by atoms with Gasteiger partial charge in [0.2, 0.25) is 0 Å². The monoisotopic (exact) mass is 526 g/mol. The second-order valence-electron chi connectivity index (χ2n) is 8.05. The van der Waals surface area contributed by atoms with E-state index < -0.39 is 23.7 Å². The van der Waals surface area contributed by atoms with E-state index in [0.717, 1.165) is 16.9 Å². The van der Waals surface area contributed by atoms with Gasteiger partial charge in [0.1, 0.15) is 11.5 Å². The molecule has 0 fully saturated rings.